The molecule has 3 N–H and O–H groups in total. The molecular formula is C21H25N3O3. The Hall–Kier alpha value is -2.50. The van der Waals surface area contributed by atoms with Gasteiger partial charge >= 0.3 is 0 Å². The highest BCUT2D eigenvalue weighted by molar-refractivity contribution is 5.91. The van der Waals surface area contributed by atoms with E-state index in [1.807, 2.05) is 12.1 Å². The molecule has 2 bridgehead atoms. The van der Waals surface area contributed by atoms with E-state index in [1.54, 1.807) is 16.8 Å². The number of aromatic nitrogens is 2. The van der Waals surface area contributed by atoms with Crippen molar-refractivity contribution < 1.29 is 15.0 Å². The van der Waals surface area contributed by atoms with Crippen molar-refractivity contribution in [1.82, 2.24) is 9.55 Å². The van der Waals surface area contributed by atoms with Crippen LogP contribution in [0.15, 0.2) is 24.4 Å². The fourth-order valence-corrected chi connectivity index (χ4v) is 5.52. The number of hydrogen-bond donors (Lipinski definition) is 3. The lowest BCUT2D eigenvalue weighted by Crippen LogP contribution is -2.28. The van der Waals surface area contributed by atoms with E-state index >= 15 is 0 Å². The standard InChI is InChI=1S/C21H25N3O3/c25-19(23-16-3-1-2-10-22-16)12-6-8-15(9-7-12)24-20(26)17-13-4-5-14(11-13)18(17)21(24)27/h1-3,10,12-15,26-27H,4-9,11H2,(H,22,23,25)/t12?,13-,14+,15?. The molecule has 27 heavy (non-hydrogen) atoms. The van der Waals surface area contributed by atoms with Gasteiger partial charge in [-0.05, 0) is 68.9 Å². The van der Waals surface area contributed by atoms with Crippen molar-refractivity contribution in [2.45, 2.75) is 62.8 Å². The zero-order valence-corrected chi connectivity index (χ0v) is 15.3. The summed E-state index contributed by atoms with van der Waals surface area (Å²) in [6.07, 6.45) is 8.04. The first-order valence-corrected chi connectivity index (χ1v) is 10.0. The van der Waals surface area contributed by atoms with Crippen molar-refractivity contribution >= 4 is 11.7 Å². The maximum absolute atomic E-state index is 12.5. The molecule has 6 heteroatoms. The van der Waals surface area contributed by atoms with Gasteiger partial charge in [-0.1, -0.05) is 6.07 Å². The van der Waals surface area contributed by atoms with E-state index in [-0.39, 0.29) is 29.6 Å². The molecule has 0 spiro atoms. The number of fused-ring (bicyclic) bond motifs is 5. The van der Waals surface area contributed by atoms with Crippen LogP contribution in [-0.4, -0.2) is 25.7 Å². The number of aromatic hydroxyl groups is 2. The molecule has 6 nitrogen and oxygen atoms in total. The molecule has 0 radical (unpaired) electrons. The van der Waals surface area contributed by atoms with Crippen LogP contribution in [0.25, 0.3) is 0 Å². The fraction of sp³-hybridized carbons (Fsp3) is 0.524. The Morgan fingerprint density at radius 1 is 1.00 bits per heavy atom. The summed E-state index contributed by atoms with van der Waals surface area (Å²) in [4.78, 5) is 16.6. The summed E-state index contributed by atoms with van der Waals surface area (Å²) in [6, 6.07) is 5.52. The number of carbonyl (C=O) groups is 1. The lowest BCUT2D eigenvalue weighted by molar-refractivity contribution is -0.121. The minimum absolute atomic E-state index is 0.00800. The van der Waals surface area contributed by atoms with Crippen LogP contribution in [0.2, 0.25) is 0 Å². The molecule has 3 aliphatic carbocycles. The molecule has 2 fully saturated rings. The van der Waals surface area contributed by atoms with Crippen LogP contribution >= 0.6 is 0 Å². The van der Waals surface area contributed by atoms with Crippen molar-refractivity contribution in [3.63, 3.8) is 0 Å². The number of rotatable bonds is 3. The van der Waals surface area contributed by atoms with Gasteiger partial charge in [0.2, 0.25) is 5.91 Å². The van der Waals surface area contributed by atoms with Crippen LogP contribution in [0.4, 0.5) is 5.82 Å². The first-order chi connectivity index (χ1) is 13.1. The topological polar surface area (TPSA) is 87.4 Å². The average molecular weight is 367 g/mol. The van der Waals surface area contributed by atoms with Gasteiger partial charge in [-0.3, -0.25) is 9.36 Å². The highest BCUT2D eigenvalue weighted by Gasteiger charge is 2.45. The van der Waals surface area contributed by atoms with Gasteiger partial charge < -0.3 is 15.5 Å². The second kappa shape index (κ2) is 6.29. The molecule has 2 aromatic heterocycles. The first-order valence-electron chi connectivity index (χ1n) is 10.0. The maximum Gasteiger partial charge on any atom is 0.228 e. The van der Waals surface area contributed by atoms with E-state index in [0.717, 1.165) is 56.1 Å². The summed E-state index contributed by atoms with van der Waals surface area (Å²) in [6.45, 7) is 0. The molecule has 142 valence electrons. The van der Waals surface area contributed by atoms with Crippen molar-refractivity contribution in [3.05, 3.63) is 35.5 Å². The van der Waals surface area contributed by atoms with E-state index in [9.17, 15) is 15.0 Å². The Bertz CT molecular complexity index is 835. The molecule has 0 saturated heterocycles. The normalized spacial score (nSPS) is 28.9. The highest BCUT2D eigenvalue weighted by atomic mass is 16.3. The number of nitrogens with one attached hydrogen (secondary N) is 1. The largest absolute Gasteiger partial charge is 0.494 e. The molecule has 0 unspecified atom stereocenters. The molecule has 0 aromatic carbocycles. The van der Waals surface area contributed by atoms with E-state index in [4.69, 9.17) is 0 Å². The third kappa shape index (κ3) is 2.61. The summed E-state index contributed by atoms with van der Waals surface area (Å²) in [5.74, 6) is 1.92. The van der Waals surface area contributed by atoms with Gasteiger partial charge in [0.15, 0.2) is 11.8 Å². The molecule has 2 atom stereocenters. The Morgan fingerprint density at radius 3 is 2.26 bits per heavy atom. The van der Waals surface area contributed by atoms with E-state index in [1.165, 1.54) is 0 Å². The smallest absolute Gasteiger partial charge is 0.228 e. The van der Waals surface area contributed by atoms with Gasteiger partial charge in [-0.25, -0.2) is 4.98 Å². The summed E-state index contributed by atoms with van der Waals surface area (Å²) < 4.78 is 1.75. The number of hydrogen-bond acceptors (Lipinski definition) is 4. The zero-order valence-electron chi connectivity index (χ0n) is 15.3. The minimum Gasteiger partial charge on any atom is -0.494 e. The predicted molar refractivity (Wildman–Crippen MR) is 101 cm³/mol. The van der Waals surface area contributed by atoms with Gasteiger partial charge in [0.1, 0.15) is 5.82 Å². The van der Waals surface area contributed by atoms with Crippen LogP contribution in [0.5, 0.6) is 11.8 Å². The lowest BCUT2D eigenvalue weighted by Gasteiger charge is -2.29. The molecule has 1 amide bonds. The number of pyridine rings is 1. The van der Waals surface area contributed by atoms with Gasteiger partial charge in [0.05, 0.1) is 0 Å². The number of anilines is 1. The summed E-state index contributed by atoms with van der Waals surface area (Å²) in [7, 11) is 0. The van der Waals surface area contributed by atoms with Crippen LogP contribution < -0.4 is 5.32 Å². The SMILES string of the molecule is O=C(Nc1ccccn1)C1CCC(n2c(O)c3c(c2O)[C@H]2CC[C@@H]3C2)CC1. The fourth-order valence-electron chi connectivity index (χ4n) is 5.52. The van der Waals surface area contributed by atoms with Crippen LogP contribution in [0.1, 0.15) is 74.0 Å². The summed E-state index contributed by atoms with van der Waals surface area (Å²) in [5.41, 5.74) is 2.00. The third-order valence-corrected chi connectivity index (χ3v) is 6.83. The molecule has 2 aromatic rings. The second-order valence-corrected chi connectivity index (χ2v) is 8.26. The Morgan fingerprint density at radius 2 is 1.67 bits per heavy atom. The van der Waals surface area contributed by atoms with Crippen LogP contribution in [-0.2, 0) is 4.79 Å². The zero-order chi connectivity index (χ0) is 18.5. The van der Waals surface area contributed by atoms with Crippen molar-refractivity contribution in [3.8, 4) is 11.8 Å². The lowest BCUT2D eigenvalue weighted by atomic mass is 9.85. The van der Waals surface area contributed by atoms with Gasteiger partial charge in [0.25, 0.3) is 0 Å². The summed E-state index contributed by atoms with van der Waals surface area (Å²) in [5, 5.41) is 24.5. The maximum atomic E-state index is 12.5. The van der Waals surface area contributed by atoms with Crippen molar-refractivity contribution in [1.29, 1.82) is 0 Å². The van der Waals surface area contributed by atoms with E-state index in [0.29, 0.717) is 17.7 Å². The Labute approximate surface area is 158 Å². The molecule has 5 rings (SSSR count). The van der Waals surface area contributed by atoms with Crippen LogP contribution in [0, 0.1) is 5.92 Å². The Kier molecular flexibility index (Phi) is 3.88. The molecular weight excluding hydrogens is 342 g/mol. The predicted octanol–water partition coefficient (Wildman–Crippen LogP) is 4.03. The summed E-state index contributed by atoms with van der Waals surface area (Å²) >= 11 is 0. The van der Waals surface area contributed by atoms with E-state index < -0.39 is 0 Å². The van der Waals surface area contributed by atoms with Gasteiger partial charge in [-0.15, -0.1) is 0 Å². The third-order valence-electron chi connectivity index (χ3n) is 6.83. The quantitative estimate of drug-likeness (QED) is 0.764. The van der Waals surface area contributed by atoms with Crippen molar-refractivity contribution in [2.75, 3.05) is 5.32 Å². The number of nitrogens with zero attached hydrogens (tertiary/aromatic N) is 2. The van der Waals surface area contributed by atoms with Crippen molar-refractivity contribution in [2.24, 2.45) is 5.92 Å². The molecule has 0 aliphatic heterocycles. The first kappa shape index (κ1) is 16.7. The van der Waals surface area contributed by atoms with E-state index in [2.05, 4.69) is 10.3 Å². The van der Waals surface area contributed by atoms with Crippen LogP contribution in [0.3, 0.4) is 0 Å². The molecule has 3 aliphatic rings. The van der Waals surface area contributed by atoms with Gasteiger partial charge in [-0.2, -0.15) is 0 Å². The molecule has 2 saturated carbocycles. The minimum atomic E-state index is -0.0499. The number of carbonyl (C=O) groups excluding carboxylic acids is 1. The Balaban J connectivity index is 1.28. The molecule has 2 heterocycles. The van der Waals surface area contributed by atoms with Gasteiger partial charge in [0, 0.05) is 29.3 Å². The number of amides is 1. The second-order valence-electron chi connectivity index (χ2n) is 8.26. The highest BCUT2D eigenvalue weighted by Crippen LogP contribution is 2.60. The monoisotopic (exact) mass is 367 g/mol. The average Bonchev–Trinajstić information content (AvgIpc) is 3.37.